The summed E-state index contributed by atoms with van der Waals surface area (Å²) in [7, 11) is 2.51. The van der Waals surface area contributed by atoms with Gasteiger partial charge in [-0.05, 0) is 89.7 Å². The Bertz CT molecular complexity index is 1150. The van der Waals surface area contributed by atoms with E-state index in [1.54, 1.807) is 60.8 Å². The fourth-order valence-electron chi connectivity index (χ4n) is 6.69. The molecule has 0 spiro atoms. The summed E-state index contributed by atoms with van der Waals surface area (Å²) in [6.45, 7) is 17.5. The lowest BCUT2D eigenvalue weighted by molar-refractivity contribution is -0.199. The first-order valence-electron chi connectivity index (χ1n) is 14.5. The largest absolute Gasteiger partial charge is 0.514 e. The highest BCUT2D eigenvalue weighted by atomic mass is 16.7. The Balaban J connectivity index is 1.69. The molecule has 9 nitrogen and oxygen atoms in total. The van der Waals surface area contributed by atoms with Gasteiger partial charge in [-0.2, -0.15) is 0 Å². The van der Waals surface area contributed by atoms with Crippen molar-refractivity contribution in [3.63, 3.8) is 0 Å². The van der Waals surface area contributed by atoms with Crippen LogP contribution in [-0.2, 0) is 41.3 Å². The standard InChI is InChI=1S/C31H47BO9/c1-28(2,3)38-26(33)24-19(17-35-10)13-12-18(25(24)37-27(34)39-29(4,5)6)14-23(36-11)32-40-22-16-20-15-21(30(20,7)8)31(22,9)41-32/h12-13,20-23H,14-17H2,1-11H3/t20-,21-,22?,23+,31+/m1/s1. The minimum Gasteiger partial charge on any atom is -0.456 e. The Morgan fingerprint density at radius 3 is 2.20 bits per heavy atom. The van der Waals surface area contributed by atoms with Gasteiger partial charge in [0, 0.05) is 20.6 Å². The lowest BCUT2D eigenvalue weighted by atomic mass is 9.43. The summed E-state index contributed by atoms with van der Waals surface area (Å²) in [6.07, 6.45) is 1.40. The summed E-state index contributed by atoms with van der Waals surface area (Å²) in [5.41, 5.74) is -0.585. The number of hydrogen-bond donors (Lipinski definition) is 0. The molecule has 1 aliphatic heterocycles. The molecule has 41 heavy (non-hydrogen) atoms. The summed E-state index contributed by atoms with van der Waals surface area (Å²) in [6, 6.07) is 3.05. The number of esters is 1. The molecule has 4 fully saturated rings. The summed E-state index contributed by atoms with van der Waals surface area (Å²) < 4.78 is 41.4. The second kappa shape index (κ2) is 11.2. The van der Waals surface area contributed by atoms with Gasteiger partial charge in [0.25, 0.3) is 0 Å². The molecule has 0 N–H and O–H groups in total. The molecule has 3 saturated carbocycles. The highest BCUT2D eigenvalue weighted by Gasteiger charge is 2.68. The van der Waals surface area contributed by atoms with E-state index in [-0.39, 0.29) is 35.9 Å². The maximum atomic E-state index is 13.5. The third-order valence-corrected chi connectivity index (χ3v) is 8.80. The van der Waals surface area contributed by atoms with E-state index in [1.807, 2.05) is 0 Å². The molecule has 1 heterocycles. The first kappa shape index (κ1) is 31.8. The monoisotopic (exact) mass is 574 g/mol. The minimum atomic E-state index is -0.930. The molecule has 5 atom stereocenters. The number of rotatable bonds is 8. The van der Waals surface area contributed by atoms with E-state index < -0.39 is 42.0 Å². The summed E-state index contributed by atoms with van der Waals surface area (Å²) in [4.78, 5) is 26.5. The van der Waals surface area contributed by atoms with Crippen molar-refractivity contribution in [3.8, 4) is 5.75 Å². The number of carbonyl (C=O) groups is 2. The van der Waals surface area contributed by atoms with Crippen molar-refractivity contribution in [3.05, 3.63) is 28.8 Å². The van der Waals surface area contributed by atoms with E-state index in [1.165, 1.54) is 7.11 Å². The average molecular weight is 575 g/mol. The van der Waals surface area contributed by atoms with Gasteiger partial charge in [-0.25, -0.2) is 9.59 Å². The summed E-state index contributed by atoms with van der Waals surface area (Å²) >= 11 is 0. The maximum absolute atomic E-state index is 13.5. The van der Waals surface area contributed by atoms with Crippen LogP contribution >= 0.6 is 0 Å². The second-order valence-electron chi connectivity index (χ2n) is 14.4. The van der Waals surface area contributed by atoms with E-state index in [0.29, 0.717) is 23.0 Å². The molecule has 1 aromatic rings. The molecule has 10 heteroatoms. The van der Waals surface area contributed by atoms with E-state index in [4.69, 9.17) is 33.0 Å². The van der Waals surface area contributed by atoms with E-state index >= 15 is 0 Å². The number of benzene rings is 1. The minimum absolute atomic E-state index is 0.0131. The predicted octanol–water partition coefficient (Wildman–Crippen LogP) is 5.93. The van der Waals surface area contributed by atoms with Gasteiger partial charge in [0.05, 0.1) is 24.3 Å². The van der Waals surface area contributed by atoms with Crippen molar-refractivity contribution in [2.75, 3.05) is 14.2 Å². The molecule has 1 unspecified atom stereocenters. The Kier molecular flexibility index (Phi) is 8.66. The molecule has 3 aliphatic carbocycles. The Hall–Kier alpha value is -2.14. The van der Waals surface area contributed by atoms with Gasteiger partial charge in [-0.3, -0.25) is 0 Å². The van der Waals surface area contributed by atoms with E-state index in [0.717, 1.165) is 12.8 Å². The van der Waals surface area contributed by atoms with Gasteiger partial charge >= 0.3 is 19.2 Å². The Morgan fingerprint density at radius 1 is 1.00 bits per heavy atom. The van der Waals surface area contributed by atoms with Crippen LogP contribution < -0.4 is 4.74 Å². The number of hydrogen-bond acceptors (Lipinski definition) is 9. The third-order valence-electron chi connectivity index (χ3n) is 8.80. The zero-order valence-corrected chi connectivity index (χ0v) is 26.5. The van der Waals surface area contributed by atoms with Crippen molar-refractivity contribution in [1.29, 1.82) is 0 Å². The van der Waals surface area contributed by atoms with Crippen LogP contribution in [0.3, 0.4) is 0 Å². The van der Waals surface area contributed by atoms with Crippen LogP contribution in [0.15, 0.2) is 12.1 Å². The van der Waals surface area contributed by atoms with Crippen molar-refractivity contribution in [1.82, 2.24) is 0 Å². The van der Waals surface area contributed by atoms with Gasteiger partial charge < -0.3 is 33.0 Å². The quantitative estimate of drug-likeness (QED) is 0.213. The molecule has 1 saturated heterocycles. The fraction of sp³-hybridized carbons (Fsp3) is 0.742. The number of methoxy groups -OCH3 is 2. The predicted molar refractivity (Wildman–Crippen MR) is 154 cm³/mol. The SMILES string of the molecule is COCc1ccc(C[C@H](OC)B2OC3C[C@H]4C[C@H](C4(C)C)[C@]3(C)O2)c(OC(=O)OC(C)(C)C)c1C(=O)OC(C)(C)C. The molecule has 228 valence electrons. The van der Waals surface area contributed by atoms with Crippen LogP contribution in [0, 0.1) is 17.3 Å². The van der Waals surface area contributed by atoms with Gasteiger partial charge in [0.1, 0.15) is 16.8 Å². The molecule has 1 aromatic carbocycles. The van der Waals surface area contributed by atoms with Crippen LogP contribution in [0.5, 0.6) is 5.75 Å². The first-order valence-corrected chi connectivity index (χ1v) is 14.5. The molecular formula is C31H47BO9. The fourth-order valence-corrected chi connectivity index (χ4v) is 6.69. The lowest BCUT2D eigenvalue weighted by Crippen LogP contribution is -2.65. The van der Waals surface area contributed by atoms with Gasteiger partial charge in [0.15, 0.2) is 5.75 Å². The molecule has 0 radical (unpaired) electrons. The van der Waals surface area contributed by atoms with Crippen molar-refractivity contribution < 1.29 is 42.6 Å². The highest BCUT2D eigenvalue weighted by Crippen LogP contribution is 2.65. The van der Waals surface area contributed by atoms with Crippen molar-refractivity contribution >= 4 is 19.2 Å². The first-order chi connectivity index (χ1) is 18.9. The zero-order valence-electron chi connectivity index (χ0n) is 26.5. The molecule has 2 bridgehead atoms. The molecule has 4 aliphatic rings. The second-order valence-corrected chi connectivity index (χ2v) is 14.4. The zero-order chi connectivity index (χ0) is 30.5. The van der Waals surface area contributed by atoms with Crippen LogP contribution in [-0.4, -0.2) is 62.4 Å². The lowest BCUT2D eigenvalue weighted by Gasteiger charge is -2.64. The van der Waals surface area contributed by atoms with Gasteiger partial charge in [0.2, 0.25) is 0 Å². The van der Waals surface area contributed by atoms with Gasteiger partial charge in [-0.15, -0.1) is 0 Å². The molecule has 0 aromatic heterocycles. The molecule has 5 rings (SSSR count). The summed E-state index contributed by atoms with van der Waals surface area (Å²) in [5, 5.41) is 0. The molecule has 0 amide bonds. The van der Waals surface area contributed by atoms with Gasteiger partial charge in [-0.1, -0.05) is 26.0 Å². The number of ether oxygens (including phenoxy) is 5. The van der Waals surface area contributed by atoms with Crippen LogP contribution in [0.25, 0.3) is 0 Å². The smallest absolute Gasteiger partial charge is 0.456 e. The van der Waals surface area contributed by atoms with Crippen LogP contribution in [0.2, 0.25) is 0 Å². The van der Waals surface area contributed by atoms with Crippen LogP contribution in [0.4, 0.5) is 4.79 Å². The van der Waals surface area contributed by atoms with Crippen LogP contribution in [0.1, 0.15) is 96.6 Å². The highest BCUT2D eigenvalue weighted by molar-refractivity contribution is 6.47. The van der Waals surface area contributed by atoms with E-state index in [9.17, 15) is 9.59 Å². The molecular weight excluding hydrogens is 527 g/mol. The Labute approximate surface area is 245 Å². The van der Waals surface area contributed by atoms with Crippen molar-refractivity contribution in [2.45, 2.75) is 117 Å². The summed E-state index contributed by atoms with van der Waals surface area (Å²) in [5.74, 6) is 0.440. The Morgan fingerprint density at radius 2 is 1.63 bits per heavy atom. The normalized spacial score (nSPS) is 27.5. The van der Waals surface area contributed by atoms with Crippen molar-refractivity contribution in [2.24, 2.45) is 17.3 Å². The number of carbonyl (C=O) groups excluding carboxylic acids is 2. The third kappa shape index (κ3) is 6.45. The van der Waals surface area contributed by atoms with E-state index in [2.05, 4.69) is 20.8 Å². The average Bonchev–Trinajstić information content (AvgIpc) is 3.18. The maximum Gasteiger partial charge on any atom is 0.514 e. The topological polar surface area (TPSA) is 98.8 Å².